The van der Waals surface area contributed by atoms with Gasteiger partial charge in [-0.3, -0.25) is 0 Å². The minimum Gasteiger partial charge on any atom is -0.309 e. The Morgan fingerprint density at radius 2 is 0.551 bits per heavy atom. The number of para-hydroxylation sites is 4. The Labute approximate surface area is 628 Å². The maximum Gasteiger partial charge on any atom is 0.0561 e. The normalized spacial score (nSPS) is 13.6. The van der Waals surface area contributed by atoms with Crippen molar-refractivity contribution in [1.82, 2.24) is 13.7 Å². The van der Waals surface area contributed by atoms with Crippen molar-refractivity contribution in [2.45, 2.75) is 44.9 Å². The van der Waals surface area contributed by atoms with Crippen LogP contribution in [0, 0.1) is 0 Å². The van der Waals surface area contributed by atoms with Crippen LogP contribution < -0.4 is 0 Å². The fourth-order valence-corrected chi connectivity index (χ4v) is 19.8. The van der Waals surface area contributed by atoms with Crippen molar-refractivity contribution in [2.75, 3.05) is 0 Å². The summed E-state index contributed by atoms with van der Waals surface area (Å²) in [5, 5.41) is 23.6. The van der Waals surface area contributed by atoms with E-state index in [0.717, 1.165) is 16.6 Å². The molecule has 107 heavy (non-hydrogen) atoms. The molecule has 3 heterocycles. The van der Waals surface area contributed by atoms with Gasteiger partial charge in [0.2, 0.25) is 0 Å². The van der Waals surface area contributed by atoms with Gasteiger partial charge in [0.05, 0.1) is 33.1 Å². The quantitative estimate of drug-likeness (QED) is 0.157. The molecule has 0 radical (unpaired) electrons. The van der Waals surface area contributed by atoms with Crippen molar-refractivity contribution in [3.8, 4) is 50.4 Å². The lowest BCUT2D eigenvalue weighted by Crippen LogP contribution is -2.15. The Morgan fingerprint density at radius 3 is 1.09 bits per heavy atom. The van der Waals surface area contributed by atoms with E-state index in [9.17, 15) is 0 Å². The van der Waals surface area contributed by atoms with Gasteiger partial charge in [0.15, 0.2) is 0 Å². The molecule has 0 saturated heterocycles. The highest BCUT2D eigenvalue weighted by molar-refractivity contribution is 9.10. The van der Waals surface area contributed by atoms with Crippen LogP contribution in [-0.4, -0.2) is 13.7 Å². The number of halogens is 1. The van der Waals surface area contributed by atoms with E-state index >= 15 is 0 Å². The fraction of sp³-hybridized carbons (Fsp3) is 0.0680. The lowest BCUT2D eigenvalue weighted by atomic mass is 9.81. The molecule has 3 aromatic heterocycles. The fourth-order valence-electron chi connectivity index (χ4n) is 19.4. The minimum atomic E-state index is -0.109. The third kappa shape index (κ3) is 9.06. The number of benzene rings is 18. The molecule has 0 N–H and O–H groups in total. The van der Waals surface area contributed by atoms with Crippen LogP contribution in [0.2, 0.25) is 0 Å². The predicted octanol–water partition coefficient (Wildman–Crippen LogP) is 28.2. The SMILES string of the molecule is Brc1ccc2c3ccccc3n(-c3ccccc3)c2c1.CC1(C)c2ccccc2-c2cc3c(cc21)Cc1cc2c4ccccc4c4ccccc4c2cc1-3.CC1(C)c2ccccc2-c2cc3c4cc5c6ccccc6c6ccccc6c5cc4n(-c4ccc5c6ccccc6n(-c6ccccc6)c5c4)c3cc21. The van der Waals surface area contributed by atoms with Crippen molar-refractivity contribution in [3.05, 3.63) is 378 Å². The second kappa shape index (κ2) is 23.2. The average molecular weight is 1430 g/mol. The van der Waals surface area contributed by atoms with E-state index in [2.05, 4.69) is 391 Å². The smallest absolute Gasteiger partial charge is 0.0561 e. The summed E-state index contributed by atoms with van der Waals surface area (Å²) >= 11 is 3.58. The number of hydrogen-bond donors (Lipinski definition) is 0. The number of nitrogens with zero attached hydrogens (tertiary/aromatic N) is 3. The summed E-state index contributed by atoms with van der Waals surface area (Å²) in [6.07, 6.45) is 1.02. The highest BCUT2D eigenvalue weighted by Crippen LogP contribution is 2.55. The molecule has 3 nitrogen and oxygen atoms in total. The molecule has 504 valence electrons. The van der Waals surface area contributed by atoms with Gasteiger partial charge in [-0.15, -0.1) is 0 Å². The van der Waals surface area contributed by atoms with E-state index in [0.29, 0.717) is 0 Å². The molecule has 18 aromatic carbocycles. The summed E-state index contributed by atoms with van der Waals surface area (Å²) in [4.78, 5) is 0. The molecule has 0 bridgehead atoms. The molecule has 4 heteroatoms. The number of rotatable bonds is 3. The minimum absolute atomic E-state index is 0.0485. The monoisotopic (exact) mass is 1430 g/mol. The molecular formula is C103H70BrN3. The zero-order chi connectivity index (χ0) is 71.1. The second-order valence-corrected chi connectivity index (χ2v) is 31.6. The second-order valence-electron chi connectivity index (χ2n) is 30.7. The maximum absolute atomic E-state index is 3.58. The molecule has 0 amide bonds. The summed E-state index contributed by atoms with van der Waals surface area (Å²) < 4.78 is 8.38. The molecule has 0 spiro atoms. The molecule has 0 unspecified atom stereocenters. The van der Waals surface area contributed by atoms with Crippen LogP contribution in [0.15, 0.2) is 344 Å². The number of fused-ring (bicyclic) bond motifs is 30. The van der Waals surface area contributed by atoms with Crippen LogP contribution in [0.3, 0.4) is 0 Å². The molecule has 0 atom stereocenters. The van der Waals surface area contributed by atoms with Crippen molar-refractivity contribution in [3.63, 3.8) is 0 Å². The van der Waals surface area contributed by atoms with Gasteiger partial charge in [-0.2, -0.15) is 0 Å². The first-order valence-corrected chi connectivity index (χ1v) is 38.2. The van der Waals surface area contributed by atoms with Crippen LogP contribution in [0.25, 0.3) is 180 Å². The summed E-state index contributed by atoms with van der Waals surface area (Å²) in [6.45, 7) is 9.51. The molecule has 0 fully saturated rings. The first kappa shape index (κ1) is 61.8. The first-order chi connectivity index (χ1) is 52.5. The van der Waals surface area contributed by atoms with Gasteiger partial charge >= 0.3 is 0 Å². The van der Waals surface area contributed by atoms with Crippen LogP contribution in [0.1, 0.15) is 61.1 Å². The van der Waals surface area contributed by atoms with E-state index in [1.807, 2.05) is 6.07 Å². The van der Waals surface area contributed by atoms with Crippen LogP contribution >= 0.6 is 15.9 Å². The van der Waals surface area contributed by atoms with Crippen molar-refractivity contribution in [2.24, 2.45) is 0 Å². The van der Waals surface area contributed by atoms with E-state index in [4.69, 9.17) is 0 Å². The zero-order valence-corrected chi connectivity index (χ0v) is 61.3. The van der Waals surface area contributed by atoms with E-state index in [1.165, 1.54) is 208 Å². The summed E-state index contributed by atoms with van der Waals surface area (Å²) in [5.41, 5.74) is 27.8. The Morgan fingerprint density at radius 1 is 0.206 bits per heavy atom. The lowest BCUT2D eigenvalue weighted by Gasteiger charge is -2.22. The maximum atomic E-state index is 3.58. The third-order valence-electron chi connectivity index (χ3n) is 24.4. The average Bonchev–Trinajstić information content (AvgIpc) is 1.57. The number of hydrogen-bond acceptors (Lipinski definition) is 0. The molecule has 3 aliphatic carbocycles. The van der Waals surface area contributed by atoms with Crippen LogP contribution in [0.5, 0.6) is 0 Å². The summed E-state index contributed by atoms with van der Waals surface area (Å²) in [7, 11) is 0. The van der Waals surface area contributed by atoms with E-state index in [1.54, 1.807) is 0 Å². The molecule has 3 aliphatic rings. The van der Waals surface area contributed by atoms with Gasteiger partial charge in [-0.05, 0) is 241 Å². The zero-order valence-electron chi connectivity index (χ0n) is 59.8. The van der Waals surface area contributed by atoms with E-state index < -0.39 is 0 Å². The topological polar surface area (TPSA) is 14.8 Å². The van der Waals surface area contributed by atoms with Gasteiger partial charge in [0.1, 0.15) is 0 Å². The first-order valence-electron chi connectivity index (χ1n) is 37.4. The molecule has 0 saturated carbocycles. The van der Waals surface area contributed by atoms with Gasteiger partial charge in [0, 0.05) is 64.7 Å². The summed E-state index contributed by atoms with van der Waals surface area (Å²) in [6, 6.07) is 126. The van der Waals surface area contributed by atoms with E-state index in [-0.39, 0.29) is 10.8 Å². The van der Waals surface area contributed by atoms with Crippen molar-refractivity contribution < 1.29 is 0 Å². The molecule has 24 rings (SSSR count). The Bertz CT molecular complexity index is 7410. The third-order valence-corrected chi connectivity index (χ3v) is 24.9. The highest BCUT2D eigenvalue weighted by Gasteiger charge is 2.39. The van der Waals surface area contributed by atoms with Gasteiger partial charge < -0.3 is 13.7 Å². The van der Waals surface area contributed by atoms with Crippen molar-refractivity contribution in [1.29, 1.82) is 0 Å². The largest absolute Gasteiger partial charge is 0.309 e. The Hall–Kier alpha value is -12.6. The highest BCUT2D eigenvalue weighted by atomic mass is 79.9. The molecular weight excluding hydrogens is 1360 g/mol. The predicted molar refractivity (Wildman–Crippen MR) is 458 cm³/mol. The number of aromatic nitrogens is 3. The summed E-state index contributed by atoms with van der Waals surface area (Å²) in [5.74, 6) is 0. The Balaban J connectivity index is 0.000000112. The Kier molecular flexibility index (Phi) is 13.4. The van der Waals surface area contributed by atoms with Gasteiger partial charge in [-0.25, -0.2) is 0 Å². The van der Waals surface area contributed by atoms with Gasteiger partial charge in [-0.1, -0.05) is 280 Å². The molecule has 0 aliphatic heterocycles. The van der Waals surface area contributed by atoms with Crippen molar-refractivity contribution >= 4 is 146 Å². The van der Waals surface area contributed by atoms with Crippen LogP contribution in [0.4, 0.5) is 0 Å². The standard InChI is InChI=1S/C51H34N2.C34H24.C18H12BrN/c1-51(2)45-22-12-10-20-37(45)42-28-44-43-27-40-35-18-8-6-16-33(35)34-17-7-9-19-36(34)41(40)29-49(43)53(50(44)30-46(42)51)32-24-25-39-38-21-11-13-23-47(38)52(48(39)26-32)31-14-4-3-5-15-31;1-34(2)32-14-8-7-13-26(32)31-19-28-21(17-33(31)34)15-20-16-29-24-11-5-3-9-22(24)23-10-4-6-12-25(23)30(29)18-27(20)28;19-13-10-11-16-15-8-4-5-9-17(15)20(18(16)12-13)14-6-2-1-3-7-14/h3-30H,1-2H3;3-14,16-19H,15H2,1-2H3;1-12H. The lowest BCUT2D eigenvalue weighted by molar-refractivity contribution is 0.659. The van der Waals surface area contributed by atoms with Crippen LogP contribution in [-0.2, 0) is 17.3 Å². The van der Waals surface area contributed by atoms with Gasteiger partial charge in [0.25, 0.3) is 0 Å². The molecule has 21 aromatic rings.